The summed E-state index contributed by atoms with van der Waals surface area (Å²) in [6, 6.07) is 0. The van der Waals surface area contributed by atoms with Crippen molar-refractivity contribution in [2.45, 2.75) is 32.0 Å². The summed E-state index contributed by atoms with van der Waals surface area (Å²) in [6.45, 7) is 6.82. The molecule has 84 valence electrons. The van der Waals surface area contributed by atoms with Gasteiger partial charge in [0.15, 0.2) is 0 Å². The van der Waals surface area contributed by atoms with Crippen LogP contribution in [0.4, 0.5) is 0 Å². The molecule has 2 rings (SSSR count). The minimum Gasteiger partial charge on any atom is -0.363 e. The van der Waals surface area contributed by atoms with Crippen LogP contribution in [0.5, 0.6) is 0 Å². The zero-order valence-electron chi connectivity index (χ0n) is 9.73. The Morgan fingerprint density at radius 3 is 2.93 bits per heavy atom. The van der Waals surface area contributed by atoms with Crippen LogP contribution in [0.2, 0.25) is 0 Å². The number of hydrogen-bond donors (Lipinski definition) is 0. The lowest BCUT2D eigenvalue weighted by molar-refractivity contribution is -0.0246. The van der Waals surface area contributed by atoms with E-state index in [2.05, 4.69) is 28.9 Å². The van der Waals surface area contributed by atoms with Gasteiger partial charge in [-0.15, -0.1) is 0 Å². The van der Waals surface area contributed by atoms with E-state index in [1.807, 2.05) is 13.1 Å². The molecule has 1 fully saturated rings. The van der Waals surface area contributed by atoms with Crippen LogP contribution in [0.3, 0.4) is 0 Å². The zero-order valence-corrected chi connectivity index (χ0v) is 9.73. The van der Waals surface area contributed by atoms with Crippen molar-refractivity contribution in [2.75, 3.05) is 26.7 Å². The number of likely N-dealkylation sites (tertiary alicyclic amines) is 1. The van der Waals surface area contributed by atoms with E-state index in [4.69, 9.17) is 4.74 Å². The molecule has 0 spiro atoms. The predicted octanol–water partition coefficient (Wildman–Crippen LogP) is 0.969. The molecule has 0 amide bonds. The third-order valence-corrected chi connectivity index (χ3v) is 2.93. The first-order valence-electron chi connectivity index (χ1n) is 5.50. The number of aliphatic imine (C=N–C) groups is 2. The summed E-state index contributed by atoms with van der Waals surface area (Å²) >= 11 is 0. The second-order valence-electron chi connectivity index (χ2n) is 4.73. The summed E-state index contributed by atoms with van der Waals surface area (Å²) in [5.74, 6) is 0.847. The Morgan fingerprint density at radius 1 is 1.60 bits per heavy atom. The maximum Gasteiger partial charge on any atom is 0.120 e. The van der Waals surface area contributed by atoms with Crippen LogP contribution in [-0.2, 0) is 4.74 Å². The predicted molar refractivity (Wildman–Crippen MR) is 61.9 cm³/mol. The molecule has 0 aliphatic carbocycles. The van der Waals surface area contributed by atoms with E-state index < -0.39 is 0 Å². The van der Waals surface area contributed by atoms with E-state index in [0.717, 1.165) is 25.3 Å². The maximum absolute atomic E-state index is 6.06. The van der Waals surface area contributed by atoms with Crippen LogP contribution in [0.15, 0.2) is 9.98 Å². The van der Waals surface area contributed by atoms with Gasteiger partial charge >= 0.3 is 0 Å². The highest BCUT2D eigenvalue weighted by Gasteiger charge is 2.31. The van der Waals surface area contributed by atoms with Crippen LogP contribution in [0.25, 0.3) is 0 Å². The Balaban J connectivity index is 1.92. The van der Waals surface area contributed by atoms with Gasteiger partial charge < -0.3 is 9.64 Å². The molecule has 0 bridgehead atoms. The summed E-state index contributed by atoms with van der Waals surface area (Å²) in [4.78, 5) is 10.8. The molecule has 1 saturated heterocycles. The Hall–Kier alpha value is -0.740. The fourth-order valence-corrected chi connectivity index (χ4v) is 2.02. The number of rotatable bonds is 2. The summed E-state index contributed by atoms with van der Waals surface area (Å²) < 4.78 is 6.06. The van der Waals surface area contributed by atoms with Gasteiger partial charge in [0, 0.05) is 19.3 Å². The normalized spacial score (nSPS) is 37.0. The number of amidine groups is 1. The molecular formula is C11H19N3O. The topological polar surface area (TPSA) is 37.2 Å². The third kappa shape index (κ3) is 2.63. The highest BCUT2D eigenvalue weighted by molar-refractivity contribution is 5.92. The molecule has 4 heteroatoms. The largest absolute Gasteiger partial charge is 0.363 e. The highest BCUT2D eigenvalue weighted by Crippen LogP contribution is 2.20. The molecular weight excluding hydrogens is 190 g/mol. The van der Waals surface area contributed by atoms with Crippen molar-refractivity contribution < 1.29 is 4.74 Å². The molecule has 4 nitrogen and oxygen atoms in total. The molecule has 15 heavy (non-hydrogen) atoms. The van der Waals surface area contributed by atoms with Gasteiger partial charge in [-0.1, -0.05) is 0 Å². The van der Waals surface area contributed by atoms with Crippen molar-refractivity contribution in [2.24, 2.45) is 9.98 Å². The zero-order chi connectivity index (χ0) is 10.9. The molecule has 2 aliphatic rings. The molecule has 1 unspecified atom stereocenters. The maximum atomic E-state index is 6.06. The van der Waals surface area contributed by atoms with Crippen LogP contribution in [-0.4, -0.2) is 55.3 Å². The summed E-state index contributed by atoms with van der Waals surface area (Å²) in [5, 5.41) is 0. The van der Waals surface area contributed by atoms with Crippen LogP contribution >= 0.6 is 0 Å². The molecule has 0 saturated carbocycles. The summed E-state index contributed by atoms with van der Waals surface area (Å²) in [7, 11) is 2.13. The van der Waals surface area contributed by atoms with Gasteiger partial charge in [0.2, 0.25) is 0 Å². The molecule has 0 aromatic carbocycles. The van der Waals surface area contributed by atoms with Gasteiger partial charge in [0.1, 0.15) is 11.4 Å². The fourth-order valence-electron chi connectivity index (χ4n) is 2.02. The summed E-state index contributed by atoms with van der Waals surface area (Å²) in [5.41, 5.74) is -0.296. The molecule has 2 aliphatic heterocycles. The van der Waals surface area contributed by atoms with Crippen molar-refractivity contribution in [1.29, 1.82) is 0 Å². The van der Waals surface area contributed by atoms with E-state index in [1.165, 1.54) is 0 Å². The molecule has 2 heterocycles. The Bertz CT molecular complexity index is 300. The Kier molecular flexibility index (Phi) is 2.89. The standard InChI is InChI=1S/C11H19N3O/c1-9-12-7-11(2,8-13-9)15-10-4-5-14(3)6-10/h7,10H,4-6,8H2,1-3H3/t10-,11?/m1/s1. The second kappa shape index (κ2) is 4.02. The van der Waals surface area contributed by atoms with E-state index in [0.29, 0.717) is 12.6 Å². The first-order chi connectivity index (χ1) is 7.07. The van der Waals surface area contributed by atoms with Crippen molar-refractivity contribution in [3.8, 4) is 0 Å². The van der Waals surface area contributed by atoms with Gasteiger partial charge in [-0.25, -0.2) is 4.99 Å². The molecule has 0 aromatic rings. The molecule has 0 radical (unpaired) electrons. The van der Waals surface area contributed by atoms with Crippen LogP contribution < -0.4 is 0 Å². The van der Waals surface area contributed by atoms with Crippen molar-refractivity contribution in [3.05, 3.63) is 0 Å². The van der Waals surface area contributed by atoms with Crippen molar-refractivity contribution >= 4 is 12.1 Å². The average Bonchev–Trinajstić information content (AvgIpc) is 2.57. The lowest BCUT2D eigenvalue weighted by Gasteiger charge is -2.29. The van der Waals surface area contributed by atoms with Gasteiger partial charge in [0.25, 0.3) is 0 Å². The Morgan fingerprint density at radius 2 is 2.40 bits per heavy atom. The second-order valence-corrected chi connectivity index (χ2v) is 4.73. The smallest absolute Gasteiger partial charge is 0.120 e. The van der Waals surface area contributed by atoms with Gasteiger partial charge in [-0.3, -0.25) is 4.99 Å². The lowest BCUT2D eigenvalue weighted by atomic mass is 10.1. The molecule has 0 aromatic heterocycles. The minimum absolute atomic E-state index is 0.296. The molecule has 0 N–H and O–H groups in total. The van der Waals surface area contributed by atoms with Gasteiger partial charge in [-0.05, 0) is 27.3 Å². The first-order valence-corrected chi connectivity index (χ1v) is 5.50. The van der Waals surface area contributed by atoms with E-state index in [9.17, 15) is 0 Å². The van der Waals surface area contributed by atoms with E-state index in [1.54, 1.807) is 0 Å². The van der Waals surface area contributed by atoms with Crippen LogP contribution in [0.1, 0.15) is 20.3 Å². The van der Waals surface area contributed by atoms with E-state index in [-0.39, 0.29) is 5.60 Å². The Labute approximate surface area is 91.0 Å². The lowest BCUT2D eigenvalue weighted by Crippen LogP contribution is -2.41. The quantitative estimate of drug-likeness (QED) is 0.679. The fraction of sp³-hybridized carbons (Fsp3) is 0.818. The minimum atomic E-state index is -0.296. The number of likely N-dealkylation sites (N-methyl/N-ethyl adjacent to an activating group) is 1. The third-order valence-electron chi connectivity index (χ3n) is 2.93. The van der Waals surface area contributed by atoms with E-state index >= 15 is 0 Å². The number of hydrogen-bond acceptors (Lipinski definition) is 4. The van der Waals surface area contributed by atoms with Gasteiger partial charge in [-0.2, -0.15) is 0 Å². The van der Waals surface area contributed by atoms with Crippen LogP contribution in [0, 0.1) is 0 Å². The number of ether oxygens (including phenoxy) is 1. The molecule has 2 atom stereocenters. The van der Waals surface area contributed by atoms with Gasteiger partial charge in [0.05, 0.1) is 12.6 Å². The number of nitrogens with zero attached hydrogens (tertiary/aromatic N) is 3. The highest BCUT2D eigenvalue weighted by atomic mass is 16.5. The summed E-state index contributed by atoms with van der Waals surface area (Å²) in [6.07, 6.45) is 3.34. The SMILES string of the molecule is CC1=NCC(C)(O[C@@H]2CCN(C)C2)C=N1. The first kappa shape index (κ1) is 10.8. The van der Waals surface area contributed by atoms with Crippen molar-refractivity contribution in [1.82, 2.24) is 4.90 Å². The van der Waals surface area contributed by atoms with Crippen molar-refractivity contribution in [3.63, 3.8) is 0 Å². The monoisotopic (exact) mass is 209 g/mol. The average molecular weight is 209 g/mol.